The van der Waals surface area contributed by atoms with Gasteiger partial charge in [0.2, 0.25) is 11.9 Å². The maximum atomic E-state index is 11.0. The van der Waals surface area contributed by atoms with Gasteiger partial charge in [0, 0.05) is 22.9 Å². The molecule has 0 aliphatic carbocycles. The molecule has 3 rings (SSSR count). The van der Waals surface area contributed by atoms with Crippen LogP contribution >= 0.6 is 11.6 Å². The molecule has 0 radical (unpaired) electrons. The first-order chi connectivity index (χ1) is 10.6. The van der Waals surface area contributed by atoms with Crippen LogP contribution in [0.2, 0.25) is 5.02 Å². The number of hydrogen-bond donors (Lipinski definition) is 2. The summed E-state index contributed by atoms with van der Waals surface area (Å²) in [5, 5.41) is 1.47. The second-order valence-corrected chi connectivity index (χ2v) is 5.17. The Hall–Kier alpha value is -2.66. The second-order valence-electron chi connectivity index (χ2n) is 4.73. The van der Waals surface area contributed by atoms with E-state index in [9.17, 15) is 4.79 Å². The van der Waals surface area contributed by atoms with Crippen LogP contribution < -0.4 is 10.9 Å². The number of carbonyl (C=O) groups is 1. The topological polar surface area (TPSA) is 66.9 Å². The highest BCUT2D eigenvalue weighted by atomic mass is 35.5. The van der Waals surface area contributed by atoms with Gasteiger partial charge in [0.1, 0.15) is 0 Å². The highest BCUT2D eigenvalue weighted by Gasteiger charge is 2.10. The van der Waals surface area contributed by atoms with E-state index in [1.807, 2.05) is 42.5 Å². The number of halogens is 1. The molecule has 0 saturated carbocycles. The summed E-state index contributed by atoms with van der Waals surface area (Å²) >= 11 is 6.09. The minimum atomic E-state index is -0.221. The quantitative estimate of drug-likeness (QED) is 0.727. The van der Waals surface area contributed by atoms with Crippen LogP contribution in [0, 0.1) is 0 Å². The van der Waals surface area contributed by atoms with Crippen LogP contribution in [0.1, 0.15) is 6.92 Å². The van der Waals surface area contributed by atoms with Crippen LogP contribution in [0.4, 0.5) is 5.95 Å². The zero-order valence-corrected chi connectivity index (χ0v) is 12.6. The van der Waals surface area contributed by atoms with Crippen molar-refractivity contribution >= 4 is 34.4 Å². The maximum absolute atomic E-state index is 11.0. The molecule has 0 spiro atoms. The summed E-state index contributed by atoms with van der Waals surface area (Å²) in [6.07, 6.45) is 0. The average molecular weight is 313 g/mol. The van der Waals surface area contributed by atoms with Gasteiger partial charge in [-0.15, -0.1) is 0 Å². The Balaban J connectivity index is 2.17. The molecule has 2 N–H and O–H groups in total. The van der Waals surface area contributed by atoms with E-state index < -0.39 is 0 Å². The van der Waals surface area contributed by atoms with E-state index in [1.54, 1.807) is 6.07 Å². The third-order valence-corrected chi connectivity index (χ3v) is 3.29. The molecule has 1 heterocycles. The Kier molecular flexibility index (Phi) is 3.89. The van der Waals surface area contributed by atoms with Crippen molar-refractivity contribution in [1.82, 2.24) is 15.4 Å². The fourth-order valence-electron chi connectivity index (χ4n) is 2.12. The molecular formula is C16H13ClN4O. The monoisotopic (exact) mass is 312 g/mol. The minimum absolute atomic E-state index is 0.221. The molecule has 5 nitrogen and oxygen atoms in total. The number of nitrogens with zero attached hydrogens (tertiary/aromatic N) is 2. The van der Waals surface area contributed by atoms with Gasteiger partial charge in [0.05, 0.1) is 11.2 Å². The normalized spacial score (nSPS) is 10.5. The maximum Gasteiger partial charge on any atom is 0.242 e. The first-order valence-electron chi connectivity index (χ1n) is 6.69. The van der Waals surface area contributed by atoms with Crippen LogP contribution in [0.25, 0.3) is 22.2 Å². The number of fused-ring (bicyclic) bond motifs is 1. The first kappa shape index (κ1) is 14.3. The third-order valence-electron chi connectivity index (χ3n) is 3.06. The van der Waals surface area contributed by atoms with Gasteiger partial charge >= 0.3 is 0 Å². The summed E-state index contributed by atoms with van der Waals surface area (Å²) in [6, 6.07) is 15.2. The van der Waals surface area contributed by atoms with Crippen molar-refractivity contribution in [1.29, 1.82) is 0 Å². The molecule has 0 bridgehead atoms. The molecule has 6 heteroatoms. The van der Waals surface area contributed by atoms with E-state index in [4.69, 9.17) is 11.6 Å². The third kappa shape index (κ3) is 2.99. The molecule has 0 fully saturated rings. The predicted octanol–water partition coefficient (Wildman–Crippen LogP) is 3.41. The van der Waals surface area contributed by atoms with Crippen molar-refractivity contribution in [3.63, 3.8) is 0 Å². The molecule has 0 unspecified atom stereocenters. The lowest BCUT2D eigenvalue weighted by Crippen LogP contribution is -2.27. The summed E-state index contributed by atoms with van der Waals surface area (Å²) in [5.41, 5.74) is 7.62. The largest absolute Gasteiger partial charge is 0.274 e. The van der Waals surface area contributed by atoms with Gasteiger partial charge in [-0.1, -0.05) is 41.9 Å². The van der Waals surface area contributed by atoms with Gasteiger partial charge in [-0.05, 0) is 18.2 Å². The molecule has 22 heavy (non-hydrogen) atoms. The van der Waals surface area contributed by atoms with Crippen LogP contribution in [0.3, 0.4) is 0 Å². The number of hydrazine groups is 1. The number of amides is 1. The number of benzene rings is 2. The molecular weight excluding hydrogens is 300 g/mol. The van der Waals surface area contributed by atoms with Gasteiger partial charge in [0.15, 0.2) is 0 Å². The number of hydrogen-bond acceptors (Lipinski definition) is 4. The summed E-state index contributed by atoms with van der Waals surface area (Å²) in [7, 11) is 0. The zero-order chi connectivity index (χ0) is 15.5. The summed E-state index contributed by atoms with van der Waals surface area (Å²) in [5.74, 6) is 0.102. The summed E-state index contributed by atoms with van der Waals surface area (Å²) in [6.45, 7) is 1.41. The number of rotatable bonds is 3. The molecule has 0 atom stereocenters. The summed E-state index contributed by atoms with van der Waals surface area (Å²) in [4.78, 5) is 19.9. The minimum Gasteiger partial charge on any atom is -0.274 e. The Morgan fingerprint density at radius 3 is 2.59 bits per heavy atom. The van der Waals surface area contributed by atoms with Crippen molar-refractivity contribution in [2.24, 2.45) is 0 Å². The number of anilines is 1. The van der Waals surface area contributed by atoms with E-state index in [0.29, 0.717) is 11.0 Å². The molecule has 0 aliphatic rings. The predicted molar refractivity (Wildman–Crippen MR) is 87.4 cm³/mol. The fraction of sp³-hybridized carbons (Fsp3) is 0.0625. The lowest BCUT2D eigenvalue weighted by molar-refractivity contribution is -0.118. The molecule has 0 aliphatic heterocycles. The zero-order valence-electron chi connectivity index (χ0n) is 11.8. The molecule has 1 amide bonds. The lowest BCUT2D eigenvalue weighted by Gasteiger charge is -2.10. The number of aromatic nitrogens is 2. The van der Waals surface area contributed by atoms with E-state index in [1.165, 1.54) is 6.92 Å². The molecule has 3 aromatic rings. The van der Waals surface area contributed by atoms with Crippen molar-refractivity contribution < 1.29 is 4.79 Å². The van der Waals surface area contributed by atoms with Gasteiger partial charge in [-0.3, -0.25) is 15.6 Å². The standard InChI is InChI=1S/C16H13ClN4O/c1-10(22)20-21-16-18-14-8-7-12(17)9-13(14)15(19-16)11-5-3-2-4-6-11/h2-9H,1H3,(H,20,22)(H,18,19,21). The van der Waals surface area contributed by atoms with E-state index >= 15 is 0 Å². The van der Waals surface area contributed by atoms with Gasteiger partial charge in [-0.25, -0.2) is 9.97 Å². The molecule has 0 saturated heterocycles. The second kappa shape index (κ2) is 5.99. The van der Waals surface area contributed by atoms with Crippen LogP contribution in [0.15, 0.2) is 48.5 Å². The Morgan fingerprint density at radius 1 is 1.09 bits per heavy atom. The molecule has 110 valence electrons. The first-order valence-corrected chi connectivity index (χ1v) is 7.06. The van der Waals surface area contributed by atoms with Crippen molar-refractivity contribution in [2.75, 3.05) is 5.43 Å². The fourth-order valence-corrected chi connectivity index (χ4v) is 2.29. The van der Waals surface area contributed by atoms with Gasteiger partial charge < -0.3 is 0 Å². The van der Waals surface area contributed by atoms with Crippen LogP contribution in [-0.2, 0) is 4.79 Å². The van der Waals surface area contributed by atoms with Crippen molar-refractivity contribution in [2.45, 2.75) is 6.92 Å². The smallest absolute Gasteiger partial charge is 0.242 e. The van der Waals surface area contributed by atoms with Gasteiger partial charge in [0.25, 0.3) is 0 Å². The average Bonchev–Trinajstić information content (AvgIpc) is 2.53. The SMILES string of the molecule is CC(=O)NNc1nc(-c2ccccc2)c2cc(Cl)ccc2n1. The lowest BCUT2D eigenvalue weighted by atomic mass is 10.1. The number of carbonyl (C=O) groups excluding carboxylic acids is 1. The van der Waals surface area contributed by atoms with E-state index in [0.717, 1.165) is 22.2 Å². The van der Waals surface area contributed by atoms with Crippen molar-refractivity contribution in [3.05, 3.63) is 53.6 Å². The molecule has 1 aromatic heterocycles. The van der Waals surface area contributed by atoms with Crippen molar-refractivity contribution in [3.8, 4) is 11.3 Å². The van der Waals surface area contributed by atoms with Crippen LogP contribution in [-0.4, -0.2) is 15.9 Å². The molecule has 2 aromatic carbocycles. The Morgan fingerprint density at radius 2 is 1.86 bits per heavy atom. The van der Waals surface area contributed by atoms with E-state index in [-0.39, 0.29) is 5.91 Å². The Bertz CT molecular complexity index is 836. The Labute approximate surface area is 132 Å². The van der Waals surface area contributed by atoms with Gasteiger partial charge in [-0.2, -0.15) is 0 Å². The highest BCUT2D eigenvalue weighted by Crippen LogP contribution is 2.29. The summed E-state index contributed by atoms with van der Waals surface area (Å²) < 4.78 is 0. The van der Waals surface area contributed by atoms with E-state index in [2.05, 4.69) is 20.8 Å². The van der Waals surface area contributed by atoms with Crippen LogP contribution in [0.5, 0.6) is 0 Å². The number of nitrogens with one attached hydrogen (secondary N) is 2. The highest BCUT2D eigenvalue weighted by molar-refractivity contribution is 6.31.